The Kier molecular flexibility index (Phi) is 5.37. The standard InChI is InChI=1S/C22H25N5O/c1-17-16-20(18-6-2-3-7-19(18)25-17)23-11-9-22(28)27-14-12-26(13-15-27)21-8-4-5-10-24-21/h2-8,10,16H,9,11-15H2,1H3,(H,23,25). The molecule has 2 aromatic heterocycles. The number of pyridine rings is 2. The summed E-state index contributed by atoms with van der Waals surface area (Å²) >= 11 is 0. The lowest BCUT2D eigenvalue weighted by molar-refractivity contribution is -0.131. The van der Waals surface area contributed by atoms with Gasteiger partial charge in [-0.25, -0.2) is 4.98 Å². The number of nitrogens with zero attached hydrogens (tertiary/aromatic N) is 4. The average Bonchev–Trinajstić information content (AvgIpc) is 2.74. The van der Waals surface area contributed by atoms with E-state index in [4.69, 9.17) is 0 Å². The fraction of sp³-hybridized carbons (Fsp3) is 0.318. The van der Waals surface area contributed by atoms with Crippen LogP contribution in [0.4, 0.5) is 11.5 Å². The molecular weight excluding hydrogens is 350 g/mol. The van der Waals surface area contributed by atoms with Crippen molar-refractivity contribution in [2.24, 2.45) is 0 Å². The first-order chi connectivity index (χ1) is 13.7. The van der Waals surface area contributed by atoms with Crippen molar-refractivity contribution in [3.63, 3.8) is 0 Å². The topological polar surface area (TPSA) is 61.4 Å². The smallest absolute Gasteiger partial charge is 0.224 e. The number of piperazine rings is 1. The quantitative estimate of drug-likeness (QED) is 0.743. The van der Waals surface area contributed by atoms with E-state index in [1.165, 1.54) is 0 Å². The van der Waals surface area contributed by atoms with Crippen LogP contribution in [0.2, 0.25) is 0 Å². The van der Waals surface area contributed by atoms with Crippen LogP contribution in [0.3, 0.4) is 0 Å². The first kappa shape index (κ1) is 18.2. The van der Waals surface area contributed by atoms with Crippen molar-refractivity contribution in [3.05, 3.63) is 60.4 Å². The van der Waals surface area contributed by atoms with Crippen molar-refractivity contribution in [3.8, 4) is 0 Å². The molecule has 1 aliphatic rings. The van der Waals surface area contributed by atoms with Gasteiger partial charge in [-0.15, -0.1) is 0 Å². The molecule has 4 rings (SSSR count). The number of aromatic nitrogens is 2. The number of carbonyl (C=O) groups excluding carboxylic acids is 1. The highest BCUT2D eigenvalue weighted by atomic mass is 16.2. The lowest BCUT2D eigenvalue weighted by atomic mass is 10.1. The Bertz CT molecular complexity index is 952. The molecule has 1 amide bonds. The number of hydrogen-bond acceptors (Lipinski definition) is 5. The van der Waals surface area contributed by atoms with Crippen molar-refractivity contribution in [1.82, 2.24) is 14.9 Å². The van der Waals surface area contributed by atoms with Gasteiger partial charge in [0.1, 0.15) is 5.82 Å². The Labute approximate surface area is 165 Å². The van der Waals surface area contributed by atoms with Gasteiger partial charge in [0.25, 0.3) is 0 Å². The minimum atomic E-state index is 0.197. The molecule has 1 N–H and O–H groups in total. The summed E-state index contributed by atoms with van der Waals surface area (Å²) < 4.78 is 0. The van der Waals surface area contributed by atoms with Crippen molar-refractivity contribution in [2.45, 2.75) is 13.3 Å². The van der Waals surface area contributed by atoms with E-state index < -0.39 is 0 Å². The van der Waals surface area contributed by atoms with Crippen LogP contribution >= 0.6 is 0 Å². The molecule has 28 heavy (non-hydrogen) atoms. The highest BCUT2D eigenvalue weighted by Crippen LogP contribution is 2.23. The summed E-state index contributed by atoms with van der Waals surface area (Å²) in [5, 5.41) is 4.51. The third-order valence-corrected chi connectivity index (χ3v) is 5.10. The molecule has 6 heteroatoms. The van der Waals surface area contributed by atoms with Crippen LogP contribution in [0, 0.1) is 6.92 Å². The minimum absolute atomic E-state index is 0.197. The van der Waals surface area contributed by atoms with Crippen LogP contribution < -0.4 is 10.2 Å². The number of rotatable bonds is 5. The summed E-state index contributed by atoms with van der Waals surface area (Å²) in [5.74, 6) is 1.18. The van der Waals surface area contributed by atoms with Crippen LogP contribution in [-0.2, 0) is 4.79 Å². The lowest BCUT2D eigenvalue weighted by Gasteiger charge is -2.35. The molecule has 144 valence electrons. The van der Waals surface area contributed by atoms with E-state index >= 15 is 0 Å². The van der Waals surface area contributed by atoms with Gasteiger partial charge < -0.3 is 15.1 Å². The zero-order valence-corrected chi connectivity index (χ0v) is 16.1. The second-order valence-corrected chi connectivity index (χ2v) is 7.06. The predicted octanol–water partition coefficient (Wildman–Crippen LogP) is 3.09. The molecule has 0 atom stereocenters. The number of para-hydroxylation sites is 1. The Balaban J connectivity index is 1.30. The molecule has 0 radical (unpaired) electrons. The van der Waals surface area contributed by atoms with Gasteiger partial charge in [-0.05, 0) is 31.2 Å². The second kappa shape index (κ2) is 8.25. The first-order valence-electron chi connectivity index (χ1n) is 9.75. The van der Waals surface area contributed by atoms with Gasteiger partial charge in [-0.3, -0.25) is 9.78 Å². The molecule has 0 spiro atoms. The zero-order chi connectivity index (χ0) is 19.3. The number of carbonyl (C=O) groups is 1. The summed E-state index contributed by atoms with van der Waals surface area (Å²) in [6.45, 7) is 5.74. The Hall–Kier alpha value is -3.15. The minimum Gasteiger partial charge on any atom is -0.384 e. The average molecular weight is 375 g/mol. The van der Waals surface area contributed by atoms with E-state index in [0.29, 0.717) is 13.0 Å². The largest absolute Gasteiger partial charge is 0.384 e. The van der Waals surface area contributed by atoms with E-state index in [0.717, 1.165) is 54.3 Å². The highest BCUT2D eigenvalue weighted by Gasteiger charge is 2.21. The van der Waals surface area contributed by atoms with E-state index in [9.17, 15) is 4.79 Å². The monoisotopic (exact) mass is 375 g/mol. The van der Waals surface area contributed by atoms with Gasteiger partial charge >= 0.3 is 0 Å². The second-order valence-electron chi connectivity index (χ2n) is 7.06. The van der Waals surface area contributed by atoms with E-state index in [-0.39, 0.29) is 5.91 Å². The third kappa shape index (κ3) is 4.06. The van der Waals surface area contributed by atoms with Gasteiger partial charge in [-0.1, -0.05) is 24.3 Å². The van der Waals surface area contributed by atoms with Crippen molar-refractivity contribution in [1.29, 1.82) is 0 Å². The number of anilines is 2. The van der Waals surface area contributed by atoms with Crippen molar-refractivity contribution in [2.75, 3.05) is 42.9 Å². The van der Waals surface area contributed by atoms with Crippen LogP contribution in [-0.4, -0.2) is 53.5 Å². The maximum absolute atomic E-state index is 12.6. The Morgan fingerprint density at radius 3 is 2.64 bits per heavy atom. The maximum Gasteiger partial charge on any atom is 0.224 e. The summed E-state index contributed by atoms with van der Waals surface area (Å²) in [5.41, 5.74) is 2.98. The van der Waals surface area contributed by atoms with Crippen molar-refractivity contribution < 1.29 is 4.79 Å². The molecule has 0 unspecified atom stereocenters. The molecule has 6 nitrogen and oxygen atoms in total. The predicted molar refractivity (Wildman–Crippen MR) is 113 cm³/mol. The van der Waals surface area contributed by atoms with Gasteiger partial charge in [0.15, 0.2) is 0 Å². The third-order valence-electron chi connectivity index (χ3n) is 5.10. The fourth-order valence-corrected chi connectivity index (χ4v) is 3.64. The fourth-order valence-electron chi connectivity index (χ4n) is 3.64. The van der Waals surface area contributed by atoms with Gasteiger partial charge in [0.05, 0.1) is 5.52 Å². The molecule has 0 bridgehead atoms. The van der Waals surface area contributed by atoms with E-state index in [1.807, 2.05) is 60.5 Å². The molecule has 1 aliphatic heterocycles. The maximum atomic E-state index is 12.6. The molecule has 1 fully saturated rings. The van der Waals surface area contributed by atoms with Crippen LogP contribution in [0.5, 0.6) is 0 Å². The summed E-state index contributed by atoms with van der Waals surface area (Å²) in [4.78, 5) is 25.7. The van der Waals surface area contributed by atoms with E-state index in [2.05, 4.69) is 26.3 Å². The van der Waals surface area contributed by atoms with Gasteiger partial charge in [-0.2, -0.15) is 0 Å². The Morgan fingerprint density at radius 1 is 1.07 bits per heavy atom. The van der Waals surface area contributed by atoms with Gasteiger partial charge in [0, 0.05) is 62.1 Å². The summed E-state index contributed by atoms with van der Waals surface area (Å²) in [6, 6.07) is 16.0. The van der Waals surface area contributed by atoms with Crippen LogP contribution in [0.1, 0.15) is 12.1 Å². The molecule has 0 aliphatic carbocycles. The zero-order valence-electron chi connectivity index (χ0n) is 16.1. The lowest BCUT2D eigenvalue weighted by Crippen LogP contribution is -2.49. The van der Waals surface area contributed by atoms with Crippen LogP contribution in [0.15, 0.2) is 54.7 Å². The number of hydrogen-bond donors (Lipinski definition) is 1. The normalized spacial score (nSPS) is 14.3. The Morgan fingerprint density at radius 2 is 1.86 bits per heavy atom. The number of amides is 1. The van der Waals surface area contributed by atoms with Crippen LogP contribution in [0.25, 0.3) is 10.9 Å². The number of aryl methyl sites for hydroxylation is 1. The molecule has 3 aromatic rings. The number of fused-ring (bicyclic) bond motifs is 1. The molecule has 1 aromatic carbocycles. The van der Waals surface area contributed by atoms with E-state index in [1.54, 1.807) is 0 Å². The SMILES string of the molecule is Cc1cc(NCCC(=O)N2CCN(c3ccccn3)CC2)c2ccccc2n1. The first-order valence-corrected chi connectivity index (χ1v) is 9.75. The summed E-state index contributed by atoms with van der Waals surface area (Å²) in [7, 11) is 0. The molecule has 3 heterocycles. The molecule has 1 saturated heterocycles. The highest BCUT2D eigenvalue weighted by molar-refractivity contribution is 5.91. The summed E-state index contributed by atoms with van der Waals surface area (Å²) in [6.07, 6.45) is 2.29. The van der Waals surface area contributed by atoms with Gasteiger partial charge in [0.2, 0.25) is 5.91 Å². The number of nitrogens with one attached hydrogen (secondary N) is 1. The molecular formula is C22H25N5O. The molecule has 0 saturated carbocycles. The van der Waals surface area contributed by atoms with Crippen molar-refractivity contribution >= 4 is 28.3 Å². The number of benzene rings is 1.